The Kier molecular flexibility index (Phi) is 4.33. The van der Waals surface area contributed by atoms with Crippen LogP contribution in [0.2, 0.25) is 0 Å². The van der Waals surface area contributed by atoms with Gasteiger partial charge in [0.2, 0.25) is 0 Å². The first-order valence-corrected chi connectivity index (χ1v) is 7.47. The molecule has 0 aliphatic carbocycles. The van der Waals surface area contributed by atoms with Crippen LogP contribution in [0.25, 0.3) is 0 Å². The molecule has 0 saturated heterocycles. The SMILES string of the molecule is CS(=O)(=O)CCSc1ccc(F)cc1C#N. The van der Waals surface area contributed by atoms with Crippen molar-refractivity contribution in [2.75, 3.05) is 17.8 Å². The lowest BCUT2D eigenvalue weighted by atomic mass is 10.2. The Morgan fingerprint density at radius 3 is 2.75 bits per heavy atom. The lowest BCUT2D eigenvalue weighted by Gasteiger charge is -2.03. The molecule has 0 fully saturated rings. The molecule has 1 aromatic carbocycles. The smallest absolute Gasteiger partial charge is 0.148 e. The molecular weight excluding hydrogens is 249 g/mol. The van der Waals surface area contributed by atoms with Gasteiger partial charge in [-0.3, -0.25) is 0 Å². The molecule has 0 unspecified atom stereocenters. The predicted octanol–water partition coefficient (Wildman–Crippen LogP) is 1.83. The number of rotatable bonds is 4. The fourth-order valence-corrected chi connectivity index (χ4v) is 3.21. The number of nitrogens with zero attached hydrogens (tertiary/aromatic N) is 1. The Hall–Kier alpha value is -1.06. The van der Waals surface area contributed by atoms with E-state index in [1.807, 2.05) is 6.07 Å². The van der Waals surface area contributed by atoms with Crippen LogP contribution in [0.3, 0.4) is 0 Å². The van der Waals surface area contributed by atoms with Crippen LogP contribution in [0.5, 0.6) is 0 Å². The molecule has 1 rings (SSSR count). The van der Waals surface area contributed by atoms with Gasteiger partial charge < -0.3 is 0 Å². The molecule has 1 aromatic rings. The zero-order valence-electron chi connectivity index (χ0n) is 8.60. The van der Waals surface area contributed by atoms with Gasteiger partial charge in [-0.05, 0) is 18.2 Å². The van der Waals surface area contributed by atoms with E-state index in [1.165, 1.54) is 23.9 Å². The zero-order chi connectivity index (χ0) is 12.2. The summed E-state index contributed by atoms with van der Waals surface area (Å²) >= 11 is 1.24. The Balaban J connectivity index is 2.72. The number of thioether (sulfide) groups is 1. The second-order valence-electron chi connectivity index (χ2n) is 3.23. The van der Waals surface area contributed by atoms with E-state index < -0.39 is 15.7 Å². The minimum Gasteiger partial charge on any atom is -0.229 e. The number of hydrogen-bond donors (Lipinski definition) is 0. The normalized spacial score (nSPS) is 11.1. The maximum absolute atomic E-state index is 12.8. The van der Waals surface area contributed by atoms with Crippen molar-refractivity contribution >= 4 is 21.6 Å². The molecule has 3 nitrogen and oxygen atoms in total. The molecule has 0 heterocycles. The van der Waals surface area contributed by atoms with Crippen molar-refractivity contribution in [1.29, 1.82) is 5.26 Å². The molecular formula is C10H10FNO2S2. The number of nitriles is 1. The summed E-state index contributed by atoms with van der Waals surface area (Å²) in [5.41, 5.74) is 0.235. The minimum absolute atomic E-state index is 0.0416. The van der Waals surface area contributed by atoms with Crippen LogP contribution in [-0.4, -0.2) is 26.2 Å². The summed E-state index contributed by atoms with van der Waals surface area (Å²) in [7, 11) is -3.00. The van der Waals surface area contributed by atoms with Crippen molar-refractivity contribution in [2.45, 2.75) is 4.90 Å². The molecule has 0 aliphatic rings. The predicted molar refractivity (Wildman–Crippen MR) is 61.5 cm³/mol. The van der Waals surface area contributed by atoms with Crippen LogP contribution in [0, 0.1) is 17.1 Å². The quantitative estimate of drug-likeness (QED) is 0.774. The summed E-state index contributed by atoms with van der Waals surface area (Å²) in [4.78, 5) is 0.604. The molecule has 0 atom stereocenters. The third-order valence-electron chi connectivity index (χ3n) is 1.77. The third-order valence-corrected chi connectivity index (χ3v) is 4.05. The van der Waals surface area contributed by atoms with E-state index in [0.717, 1.165) is 12.3 Å². The fraction of sp³-hybridized carbons (Fsp3) is 0.300. The maximum Gasteiger partial charge on any atom is 0.148 e. The molecule has 0 aliphatic heterocycles. The molecule has 0 spiro atoms. The van der Waals surface area contributed by atoms with Gasteiger partial charge in [0.25, 0.3) is 0 Å². The highest BCUT2D eigenvalue weighted by Crippen LogP contribution is 2.23. The van der Waals surface area contributed by atoms with Gasteiger partial charge in [-0.1, -0.05) is 0 Å². The first kappa shape index (κ1) is 13.0. The van der Waals surface area contributed by atoms with Crippen molar-refractivity contribution in [3.8, 4) is 6.07 Å². The van der Waals surface area contributed by atoms with E-state index in [0.29, 0.717) is 10.6 Å². The first-order chi connectivity index (χ1) is 7.42. The lowest BCUT2D eigenvalue weighted by Crippen LogP contribution is -2.05. The molecule has 6 heteroatoms. The highest BCUT2D eigenvalue weighted by atomic mass is 32.2. The van der Waals surface area contributed by atoms with E-state index in [9.17, 15) is 12.8 Å². The second kappa shape index (κ2) is 5.32. The van der Waals surface area contributed by atoms with Gasteiger partial charge in [-0.15, -0.1) is 11.8 Å². The number of benzene rings is 1. The van der Waals surface area contributed by atoms with Gasteiger partial charge in [-0.25, -0.2) is 12.8 Å². The van der Waals surface area contributed by atoms with Gasteiger partial charge in [0.05, 0.1) is 11.3 Å². The number of halogens is 1. The van der Waals surface area contributed by atoms with E-state index >= 15 is 0 Å². The van der Waals surface area contributed by atoms with Gasteiger partial charge in [-0.2, -0.15) is 5.26 Å². The summed E-state index contributed by atoms with van der Waals surface area (Å²) in [5.74, 6) is -0.0667. The summed E-state index contributed by atoms with van der Waals surface area (Å²) in [6.45, 7) is 0. The summed E-state index contributed by atoms with van der Waals surface area (Å²) < 4.78 is 34.6. The van der Waals surface area contributed by atoms with Crippen LogP contribution in [-0.2, 0) is 9.84 Å². The Morgan fingerprint density at radius 1 is 1.50 bits per heavy atom. The van der Waals surface area contributed by atoms with Gasteiger partial charge in [0, 0.05) is 16.9 Å². The Morgan fingerprint density at radius 2 is 2.19 bits per heavy atom. The molecule has 0 radical (unpaired) electrons. The summed E-state index contributed by atoms with van der Waals surface area (Å²) in [6, 6.07) is 5.76. The topological polar surface area (TPSA) is 57.9 Å². The number of hydrogen-bond acceptors (Lipinski definition) is 4. The maximum atomic E-state index is 12.8. The van der Waals surface area contributed by atoms with Crippen LogP contribution in [0.1, 0.15) is 5.56 Å². The molecule has 0 bridgehead atoms. The average Bonchev–Trinajstić information content (AvgIpc) is 2.18. The largest absolute Gasteiger partial charge is 0.229 e. The average molecular weight is 259 g/mol. The molecule has 0 N–H and O–H groups in total. The van der Waals surface area contributed by atoms with Crippen LogP contribution in [0.15, 0.2) is 23.1 Å². The van der Waals surface area contributed by atoms with E-state index in [1.54, 1.807) is 0 Å². The Labute approximate surface area is 98.2 Å². The second-order valence-corrected chi connectivity index (χ2v) is 6.63. The molecule has 0 saturated carbocycles. The van der Waals surface area contributed by atoms with Crippen molar-refractivity contribution in [3.63, 3.8) is 0 Å². The Bertz CT molecular complexity index is 520. The molecule has 86 valence electrons. The van der Waals surface area contributed by atoms with E-state index in [2.05, 4.69) is 0 Å². The third kappa shape index (κ3) is 4.21. The van der Waals surface area contributed by atoms with Crippen LogP contribution < -0.4 is 0 Å². The van der Waals surface area contributed by atoms with Gasteiger partial charge in [0.1, 0.15) is 21.7 Å². The van der Waals surface area contributed by atoms with Crippen LogP contribution >= 0.6 is 11.8 Å². The first-order valence-electron chi connectivity index (χ1n) is 4.42. The van der Waals surface area contributed by atoms with Crippen molar-refractivity contribution in [2.24, 2.45) is 0 Å². The highest BCUT2D eigenvalue weighted by Gasteiger charge is 2.07. The fourth-order valence-electron chi connectivity index (χ4n) is 1.02. The lowest BCUT2D eigenvalue weighted by molar-refractivity contribution is 0.603. The van der Waals surface area contributed by atoms with E-state index in [-0.39, 0.29) is 11.3 Å². The standard InChI is InChI=1S/C10H10FNO2S2/c1-16(13,14)5-4-15-10-3-2-9(11)6-8(10)7-12/h2-3,6H,4-5H2,1H3. The molecule has 16 heavy (non-hydrogen) atoms. The van der Waals surface area contributed by atoms with Crippen molar-refractivity contribution in [1.82, 2.24) is 0 Å². The van der Waals surface area contributed by atoms with Crippen LogP contribution in [0.4, 0.5) is 4.39 Å². The van der Waals surface area contributed by atoms with Crippen molar-refractivity contribution < 1.29 is 12.8 Å². The van der Waals surface area contributed by atoms with Gasteiger partial charge >= 0.3 is 0 Å². The van der Waals surface area contributed by atoms with Gasteiger partial charge in [0.15, 0.2) is 0 Å². The minimum atomic E-state index is -3.00. The van der Waals surface area contributed by atoms with E-state index in [4.69, 9.17) is 5.26 Å². The highest BCUT2D eigenvalue weighted by molar-refractivity contribution is 8.00. The monoisotopic (exact) mass is 259 g/mol. The zero-order valence-corrected chi connectivity index (χ0v) is 10.2. The summed E-state index contributed by atoms with van der Waals surface area (Å²) in [6.07, 6.45) is 1.16. The molecule has 0 amide bonds. The number of sulfone groups is 1. The summed E-state index contributed by atoms with van der Waals surface area (Å²) in [5, 5.41) is 8.75. The van der Waals surface area contributed by atoms with Crippen molar-refractivity contribution in [3.05, 3.63) is 29.6 Å². The molecule has 0 aromatic heterocycles.